The third kappa shape index (κ3) is 3.63. The lowest BCUT2D eigenvalue weighted by Gasteiger charge is -2.14. The summed E-state index contributed by atoms with van der Waals surface area (Å²) < 4.78 is 13.1. The molecule has 0 amide bonds. The molecular formula is C19H22N4O2. The molecule has 3 rings (SSSR count). The van der Waals surface area contributed by atoms with E-state index >= 15 is 0 Å². The van der Waals surface area contributed by atoms with E-state index in [2.05, 4.69) is 28.9 Å². The lowest BCUT2D eigenvalue weighted by Crippen LogP contribution is -2.08. The molecule has 0 N–H and O–H groups in total. The van der Waals surface area contributed by atoms with Crippen LogP contribution in [0.3, 0.4) is 0 Å². The molecule has 3 heterocycles. The topological polar surface area (TPSA) is 62.1 Å². The highest BCUT2D eigenvalue weighted by molar-refractivity contribution is 5.59. The minimum absolute atomic E-state index is 0.258. The molecule has 0 aliphatic rings. The second kappa shape index (κ2) is 7.34. The molecule has 0 spiro atoms. The molecule has 0 radical (unpaired) electrons. The van der Waals surface area contributed by atoms with Crippen molar-refractivity contribution in [3.8, 4) is 23.0 Å². The predicted molar refractivity (Wildman–Crippen MR) is 95.7 cm³/mol. The van der Waals surface area contributed by atoms with Gasteiger partial charge in [-0.1, -0.05) is 6.07 Å². The maximum Gasteiger partial charge on any atom is 0.213 e. The summed E-state index contributed by atoms with van der Waals surface area (Å²) in [6.45, 7) is 6.57. The highest BCUT2D eigenvalue weighted by Gasteiger charge is 2.14. The molecule has 25 heavy (non-hydrogen) atoms. The van der Waals surface area contributed by atoms with Crippen molar-refractivity contribution >= 4 is 0 Å². The third-order valence-corrected chi connectivity index (χ3v) is 3.92. The normalized spacial score (nSPS) is 10.9. The van der Waals surface area contributed by atoms with E-state index in [0.29, 0.717) is 12.5 Å². The molecule has 6 heteroatoms. The summed E-state index contributed by atoms with van der Waals surface area (Å²) in [7, 11) is 1.60. The largest absolute Gasteiger partial charge is 0.487 e. The Bertz CT molecular complexity index is 858. The van der Waals surface area contributed by atoms with Crippen LogP contribution in [0.2, 0.25) is 0 Å². The molecule has 0 bridgehead atoms. The number of rotatable bonds is 6. The average Bonchev–Trinajstić information content (AvgIpc) is 3.10. The van der Waals surface area contributed by atoms with Crippen LogP contribution >= 0.6 is 0 Å². The maximum absolute atomic E-state index is 5.97. The molecule has 0 saturated heterocycles. The molecule has 0 aliphatic carbocycles. The van der Waals surface area contributed by atoms with E-state index in [9.17, 15) is 0 Å². The number of pyridine rings is 2. The first-order valence-electron chi connectivity index (χ1n) is 8.21. The molecule has 0 atom stereocenters. The molecule has 3 aromatic rings. The van der Waals surface area contributed by atoms with E-state index < -0.39 is 0 Å². The zero-order valence-electron chi connectivity index (χ0n) is 14.9. The molecule has 0 fully saturated rings. The van der Waals surface area contributed by atoms with E-state index in [1.54, 1.807) is 25.7 Å². The van der Waals surface area contributed by atoms with Crippen LogP contribution in [0.1, 0.15) is 31.0 Å². The zero-order chi connectivity index (χ0) is 17.8. The molecule has 130 valence electrons. The van der Waals surface area contributed by atoms with Crippen molar-refractivity contribution in [1.82, 2.24) is 19.7 Å². The SMILES string of the molecule is COc1cc(C)c(OCc2cccnc2-c2ccnn2C(C)C)cn1. The number of hydrogen-bond acceptors (Lipinski definition) is 5. The molecule has 0 unspecified atom stereocenters. The molecule has 0 saturated carbocycles. The fourth-order valence-corrected chi connectivity index (χ4v) is 2.63. The second-order valence-electron chi connectivity index (χ2n) is 6.05. The van der Waals surface area contributed by atoms with Crippen molar-refractivity contribution in [2.45, 2.75) is 33.4 Å². The molecule has 6 nitrogen and oxygen atoms in total. The standard InChI is InChI=1S/C19H22N4O2/c1-13(2)23-16(7-9-22-23)19-15(6-5-8-20-19)12-25-17-11-21-18(24-4)10-14(17)3/h5-11,13H,12H2,1-4H3. The van der Waals surface area contributed by atoms with Crippen molar-refractivity contribution in [1.29, 1.82) is 0 Å². The molecular weight excluding hydrogens is 316 g/mol. The first kappa shape index (κ1) is 17.0. The Hall–Kier alpha value is -2.89. The van der Waals surface area contributed by atoms with Gasteiger partial charge in [0.05, 0.1) is 24.7 Å². The Kier molecular flexibility index (Phi) is 4.97. The van der Waals surface area contributed by atoms with Crippen LogP contribution in [0.15, 0.2) is 42.9 Å². The van der Waals surface area contributed by atoms with Gasteiger partial charge in [0.15, 0.2) is 0 Å². The second-order valence-corrected chi connectivity index (χ2v) is 6.05. The van der Waals surface area contributed by atoms with Gasteiger partial charge in [-0.05, 0) is 38.5 Å². The van der Waals surface area contributed by atoms with Gasteiger partial charge in [-0.2, -0.15) is 5.10 Å². The van der Waals surface area contributed by atoms with Gasteiger partial charge in [0.1, 0.15) is 12.4 Å². The third-order valence-electron chi connectivity index (χ3n) is 3.92. The Morgan fingerprint density at radius 3 is 2.72 bits per heavy atom. The summed E-state index contributed by atoms with van der Waals surface area (Å²) in [6, 6.07) is 8.03. The Labute approximate surface area is 147 Å². The number of hydrogen-bond donors (Lipinski definition) is 0. The molecule has 0 aliphatic heterocycles. The summed E-state index contributed by atoms with van der Waals surface area (Å²) in [6.07, 6.45) is 5.27. The Morgan fingerprint density at radius 1 is 1.16 bits per heavy atom. The van der Waals surface area contributed by atoms with Crippen LogP contribution in [-0.4, -0.2) is 26.9 Å². The minimum atomic E-state index is 0.258. The number of aryl methyl sites for hydroxylation is 1. The number of aromatic nitrogens is 4. The van der Waals surface area contributed by atoms with Crippen LogP contribution in [0.5, 0.6) is 11.6 Å². The summed E-state index contributed by atoms with van der Waals surface area (Å²) in [4.78, 5) is 8.75. The summed E-state index contributed by atoms with van der Waals surface area (Å²) in [5, 5.41) is 4.40. The van der Waals surface area contributed by atoms with Crippen molar-refractivity contribution in [3.63, 3.8) is 0 Å². The van der Waals surface area contributed by atoms with E-state index in [-0.39, 0.29) is 6.04 Å². The van der Waals surface area contributed by atoms with Crippen molar-refractivity contribution in [3.05, 3.63) is 54.0 Å². The predicted octanol–water partition coefficient (Wildman–Crippen LogP) is 3.82. The number of nitrogens with zero attached hydrogens (tertiary/aromatic N) is 4. The van der Waals surface area contributed by atoms with Crippen molar-refractivity contribution in [2.75, 3.05) is 7.11 Å². The zero-order valence-corrected chi connectivity index (χ0v) is 14.9. The van der Waals surface area contributed by atoms with Gasteiger partial charge in [-0.25, -0.2) is 4.98 Å². The van der Waals surface area contributed by atoms with Gasteiger partial charge in [-0.3, -0.25) is 9.67 Å². The minimum Gasteiger partial charge on any atom is -0.487 e. The maximum atomic E-state index is 5.97. The van der Waals surface area contributed by atoms with Crippen molar-refractivity contribution in [2.24, 2.45) is 0 Å². The van der Waals surface area contributed by atoms with E-state index in [4.69, 9.17) is 9.47 Å². The fourth-order valence-electron chi connectivity index (χ4n) is 2.63. The number of ether oxygens (including phenoxy) is 2. The smallest absolute Gasteiger partial charge is 0.213 e. The highest BCUT2D eigenvalue weighted by Crippen LogP contribution is 2.26. The van der Waals surface area contributed by atoms with Crippen LogP contribution < -0.4 is 9.47 Å². The monoisotopic (exact) mass is 338 g/mol. The summed E-state index contributed by atoms with van der Waals surface area (Å²) in [5.41, 5.74) is 3.84. The van der Waals surface area contributed by atoms with Crippen molar-refractivity contribution < 1.29 is 9.47 Å². The quantitative estimate of drug-likeness (QED) is 0.684. The van der Waals surface area contributed by atoms with Gasteiger partial charge >= 0.3 is 0 Å². The van der Waals surface area contributed by atoms with E-state index in [0.717, 1.165) is 28.3 Å². The molecule has 0 aromatic carbocycles. The Morgan fingerprint density at radius 2 is 2.00 bits per heavy atom. The van der Waals surface area contributed by atoms with Crippen LogP contribution in [0, 0.1) is 6.92 Å². The summed E-state index contributed by atoms with van der Waals surface area (Å²) in [5.74, 6) is 1.31. The first-order valence-corrected chi connectivity index (χ1v) is 8.21. The number of methoxy groups -OCH3 is 1. The van der Waals surface area contributed by atoms with Crippen LogP contribution in [0.25, 0.3) is 11.4 Å². The average molecular weight is 338 g/mol. The van der Waals surface area contributed by atoms with Gasteiger partial charge in [-0.15, -0.1) is 0 Å². The van der Waals surface area contributed by atoms with E-state index in [1.807, 2.05) is 35.9 Å². The van der Waals surface area contributed by atoms with Crippen LogP contribution in [-0.2, 0) is 6.61 Å². The Balaban J connectivity index is 1.86. The van der Waals surface area contributed by atoms with Gasteiger partial charge < -0.3 is 9.47 Å². The first-order chi connectivity index (χ1) is 12.1. The van der Waals surface area contributed by atoms with Gasteiger partial charge in [0, 0.05) is 30.1 Å². The van der Waals surface area contributed by atoms with Crippen LogP contribution in [0.4, 0.5) is 0 Å². The highest BCUT2D eigenvalue weighted by atomic mass is 16.5. The lowest BCUT2D eigenvalue weighted by molar-refractivity contribution is 0.301. The summed E-state index contributed by atoms with van der Waals surface area (Å²) >= 11 is 0. The van der Waals surface area contributed by atoms with Gasteiger partial charge in [0.2, 0.25) is 5.88 Å². The lowest BCUT2D eigenvalue weighted by atomic mass is 10.1. The van der Waals surface area contributed by atoms with E-state index in [1.165, 1.54) is 0 Å². The molecule has 3 aromatic heterocycles. The van der Waals surface area contributed by atoms with Gasteiger partial charge in [0.25, 0.3) is 0 Å². The fraction of sp³-hybridized carbons (Fsp3) is 0.316.